The van der Waals surface area contributed by atoms with Gasteiger partial charge in [0, 0.05) is 73.1 Å². The summed E-state index contributed by atoms with van der Waals surface area (Å²) in [4.78, 5) is 93.9. The number of thiophene rings is 1. The minimum atomic E-state index is -0.795. The number of hydrogen-bond acceptors (Lipinski definition) is 15. The van der Waals surface area contributed by atoms with Crippen molar-refractivity contribution in [1.82, 2.24) is 35.7 Å². The molecule has 68 heavy (non-hydrogen) atoms. The quantitative estimate of drug-likeness (QED) is 0.0540. The Morgan fingerprint density at radius 3 is 2.57 bits per heavy atom. The second-order valence-corrected chi connectivity index (χ2v) is 18.5. The lowest BCUT2D eigenvalue weighted by Crippen LogP contribution is -2.52. The van der Waals surface area contributed by atoms with Crippen LogP contribution >= 0.6 is 22.9 Å². The number of carbonyl (C=O) groups is 6. The molecule has 19 nitrogen and oxygen atoms in total. The molecule has 0 radical (unpaired) electrons. The molecular weight excluding hydrogens is 914 g/mol. The number of rotatable bonds is 22. The van der Waals surface area contributed by atoms with Crippen molar-refractivity contribution >= 4 is 87.7 Å². The lowest BCUT2D eigenvalue weighted by atomic mass is 10.0. The van der Waals surface area contributed by atoms with Crippen molar-refractivity contribution in [3.8, 4) is 5.75 Å². The van der Waals surface area contributed by atoms with Crippen LogP contribution in [0.3, 0.4) is 0 Å². The maximum absolute atomic E-state index is 13.4. The van der Waals surface area contributed by atoms with Crippen LogP contribution in [0.5, 0.6) is 5.75 Å². The van der Waals surface area contributed by atoms with E-state index >= 15 is 0 Å². The van der Waals surface area contributed by atoms with E-state index in [1.54, 1.807) is 54.5 Å². The van der Waals surface area contributed by atoms with E-state index in [-0.39, 0.29) is 42.8 Å². The highest BCUT2D eigenvalue weighted by Crippen LogP contribution is 2.38. The predicted octanol–water partition coefficient (Wildman–Crippen LogP) is 4.54. The number of fused-ring (bicyclic) bond motifs is 2. The van der Waals surface area contributed by atoms with E-state index in [1.807, 2.05) is 30.9 Å². The molecule has 0 aliphatic carbocycles. The van der Waals surface area contributed by atoms with Gasteiger partial charge in [0.05, 0.1) is 49.6 Å². The minimum absolute atomic E-state index is 0.0112. The number of nitrogens with one attached hydrogen (secondary N) is 5. The number of nitrogens with zero attached hydrogens (tertiary/aromatic N) is 6. The van der Waals surface area contributed by atoms with Gasteiger partial charge in [0.2, 0.25) is 30.1 Å². The number of aromatic nitrogens is 2. The van der Waals surface area contributed by atoms with Crippen LogP contribution in [0.15, 0.2) is 54.7 Å². The van der Waals surface area contributed by atoms with E-state index in [0.29, 0.717) is 108 Å². The average molecular weight is 973 g/mol. The van der Waals surface area contributed by atoms with E-state index < -0.39 is 18.0 Å². The van der Waals surface area contributed by atoms with Gasteiger partial charge in [-0.1, -0.05) is 37.9 Å². The van der Waals surface area contributed by atoms with Crippen molar-refractivity contribution < 1.29 is 38.2 Å². The van der Waals surface area contributed by atoms with Crippen LogP contribution in [-0.4, -0.2) is 134 Å². The first-order valence-electron chi connectivity index (χ1n) is 22.8. The summed E-state index contributed by atoms with van der Waals surface area (Å²) in [5, 5.41) is 14.6. The van der Waals surface area contributed by atoms with E-state index in [9.17, 15) is 28.8 Å². The number of imide groups is 1. The largest absolute Gasteiger partial charge is 0.495 e. The van der Waals surface area contributed by atoms with Crippen LogP contribution in [0.2, 0.25) is 4.34 Å². The van der Waals surface area contributed by atoms with Crippen molar-refractivity contribution in [3.63, 3.8) is 0 Å². The number of likely N-dealkylation sites (N-methyl/N-ethyl adjacent to an activating group) is 1. The Kier molecular flexibility index (Phi) is 17.0. The minimum Gasteiger partial charge on any atom is -0.495 e. The second kappa shape index (κ2) is 23.2. The maximum Gasteiger partial charge on any atom is 0.255 e. The number of methoxy groups -OCH3 is 1. The second-order valence-electron chi connectivity index (χ2n) is 16.7. The molecule has 3 aliphatic rings. The number of hydrogen-bond donors (Lipinski definition) is 5. The molecule has 6 amide bonds. The lowest BCUT2D eigenvalue weighted by Gasteiger charge is -2.40. The first-order valence-corrected chi connectivity index (χ1v) is 24.0. The summed E-state index contributed by atoms with van der Waals surface area (Å²) in [7, 11) is 3.27. The van der Waals surface area contributed by atoms with E-state index in [2.05, 4.69) is 36.5 Å². The molecule has 1 fully saturated rings. The number of amides is 6. The van der Waals surface area contributed by atoms with E-state index in [4.69, 9.17) is 26.1 Å². The highest BCUT2D eigenvalue weighted by Gasteiger charge is 2.39. The monoisotopic (exact) mass is 971 g/mol. The third-order valence-electron chi connectivity index (χ3n) is 12.3. The number of benzene rings is 2. The number of piperidine rings is 1. The van der Waals surface area contributed by atoms with E-state index in [1.165, 1.54) is 23.3 Å². The molecule has 7 rings (SSSR count). The van der Waals surface area contributed by atoms with Gasteiger partial charge < -0.3 is 50.3 Å². The third-order valence-corrected chi connectivity index (χ3v) is 13.5. The predicted molar refractivity (Wildman–Crippen MR) is 260 cm³/mol. The Morgan fingerprint density at radius 1 is 1.04 bits per heavy atom. The van der Waals surface area contributed by atoms with Gasteiger partial charge in [-0.15, -0.1) is 11.3 Å². The molecular formula is C47H58ClN11O8S. The van der Waals surface area contributed by atoms with Gasteiger partial charge in [-0.25, -0.2) is 4.98 Å². The highest BCUT2D eigenvalue weighted by atomic mass is 35.5. The number of likely N-dealkylation sites (tertiary alicyclic amines) is 1. The van der Waals surface area contributed by atoms with Gasteiger partial charge in [0.1, 0.15) is 23.5 Å². The molecule has 3 aliphatic heterocycles. The maximum atomic E-state index is 13.4. The van der Waals surface area contributed by atoms with Crippen LogP contribution in [0.25, 0.3) is 0 Å². The molecule has 2 aromatic carbocycles. The molecule has 4 aromatic rings. The number of anilines is 5. The van der Waals surface area contributed by atoms with Crippen LogP contribution in [0, 0.1) is 0 Å². The van der Waals surface area contributed by atoms with E-state index in [0.717, 1.165) is 37.4 Å². The topological polar surface area (TPSA) is 220 Å². The Labute approximate surface area is 404 Å². The zero-order valence-electron chi connectivity index (χ0n) is 38.6. The summed E-state index contributed by atoms with van der Waals surface area (Å²) < 4.78 is 12.2. The summed E-state index contributed by atoms with van der Waals surface area (Å²) in [6, 6.07) is 12.9. The number of carbonyl (C=O) groups excluding carboxylic acids is 6. The molecule has 1 saturated heterocycles. The molecule has 2 unspecified atom stereocenters. The van der Waals surface area contributed by atoms with Gasteiger partial charge >= 0.3 is 0 Å². The standard InChI is InChI=1S/C47H58ClN11O8S/c1-5-8-37(44(63)51-28-60)59-27-33-32(45(59)64)9-7-10-34(33)53-41(61)25-49-17-21-67-22-20-57-18-15-30(16-19-57)52-43(62)29-11-13-35(39(23-29)66-4)54-47-50-24-38-42(55-47)58(26-31-12-14-40(48)68-31)36(6-2)46(65)56(38)3/h7,9-14,23-24,28,30,36-37,49H,5-6,8,15-22,25-27H2,1-4H3,(H,52,62)(H,53,61)(H,50,54,55)(H,51,60,63). The fourth-order valence-electron chi connectivity index (χ4n) is 8.72. The molecule has 362 valence electrons. The zero-order chi connectivity index (χ0) is 48.3. The smallest absolute Gasteiger partial charge is 0.255 e. The Bertz CT molecular complexity index is 2480. The lowest BCUT2D eigenvalue weighted by molar-refractivity contribution is -0.129. The van der Waals surface area contributed by atoms with Gasteiger partial charge in [0.25, 0.3) is 11.8 Å². The normalized spacial score (nSPS) is 16.5. The summed E-state index contributed by atoms with van der Waals surface area (Å²) in [5.74, 6) is 0.0143. The first-order chi connectivity index (χ1) is 32.9. The number of halogens is 1. The molecule has 5 N–H and O–H groups in total. The van der Waals surface area contributed by atoms with Gasteiger partial charge in [0.15, 0.2) is 5.82 Å². The fourth-order valence-corrected chi connectivity index (χ4v) is 9.81. The van der Waals surface area contributed by atoms with Crippen LogP contribution < -0.4 is 41.1 Å². The van der Waals surface area contributed by atoms with Crippen molar-refractivity contribution in [3.05, 3.63) is 80.6 Å². The number of ether oxygens (including phenoxy) is 2. The Balaban J connectivity index is 0.814. The van der Waals surface area contributed by atoms with Gasteiger partial charge in [-0.05, 0) is 68.1 Å². The van der Waals surface area contributed by atoms with Gasteiger partial charge in [-0.2, -0.15) is 4.98 Å². The van der Waals surface area contributed by atoms with Crippen LogP contribution in [-0.2, 0) is 37.0 Å². The molecule has 2 atom stereocenters. The van der Waals surface area contributed by atoms with Crippen LogP contribution in [0.4, 0.5) is 28.8 Å². The first kappa shape index (κ1) is 49.7. The summed E-state index contributed by atoms with van der Waals surface area (Å²) >= 11 is 7.69. The highest BCUT2D eigenvalue weighted by molar-refractivity contribution is 7.16. The van der Waals surface area contributed by atoms with Crippen molar-refractivity contribution in [2.45, 2.75) is 77.2 Å². The average Bonchev–Trinajstić information content (AvgIpc) is 3.91. The van der Waals surface area contributed by atoms with Crippen molar-refractivity contribution in [2.75, 3.05) is 80.5 Å². The third kappa shape index (κ3) is 11.7. The molecule has 5 heterocycles. The van der Waals surface area contributed by atoms with Crippen molar-refractivity contribution in [1.29, 1.82) is 0 Å². The molecule has 0 saturated carbocycles. The SMILES string of the molecule is CCCC(C(=O)NC=O)N1Cc2c(NC(=O)CNCCOCCN3CCC(NC(=O)c4ccc(Nc5ncc6c(n5)N(Cc5ccc(Cl)s5)C(CC)C(=O)N6C)c(OC)c4)CC3)cccc2C1=O. The van der Waals surface area contributed by atoms with Crippen LogP contribution in [0.1, 0.15) is 77.1 Å². The Morgan fingerprint density at radius 2 is 1.85 bits per heavy atom. The zero-order valence-corrected chi connectivity index (χ0v) is 40.2. The molecule has 2 aromatic heterocycles. The summed E-state index contributed by atoms with van der Waals surface area (Å²) in [6.45, 7) is 8.25. The molecule has 21 heteroatoms. The molecule has 0 bridgehead atoms. The van der Waals surface area contributed by atoms with Crippen molar-refractivity contribution in [2.24, 2.45) is 0 Å². The fraction of sp³-hybridized carbons (Fsp3) is 0.447. The summed E-state index contributed by atoms with van der Waals surface area (Å²) in [6.07, 6.45) is 5.15. The van der Waals surface area contributed by atoms with Gasteiger partial charge in [-0.3, -0.25) is 34.1 Å². The Hall–Kier alpha value is -6.19. The summed E-state index contributed by atoms with van der Waals surface area (Å²) in [5.41, 5.74) is 3.18. The molecule has 0 spiro atoms.